The van der Waals surface area contributed by atoms with Gasteiger partial charge in [0.1, 0.15) is 11.6 Å². The molecule has 9 heteroatoms. The van der Waals surface area contributed by atoms with Gasteiger partial charge in [-0.3, -0.25) is 0 Å². The maximum atomic E-state index is 9.73. The molecule has 1 aliphatic rings. The van der Waals surface area contributed by atoms with Gasteiger partial charge in [0, 0.05) is 30.3 Å². The molecule has 0 radical (unpaired) electrons. The molecule has 1 aromatic carbocycles. The lowest BCUT2D eigenvalue weighted by molar-refractivity contribution is 0.0987. The molecule has 0 aliphatic carbocycles. The fraction of sp³-hybridized carbons (Fsp3) is 0.480. The standard InChI is InChI=1S/C25H34N6O3/c1-16(13-30(3)4)26-25-28-23-20(24(29-25)31-10-11-34-15-17(31)2)7-8-21(27-23)18-6-9-22(33-5)19(12-18)14-32/h6-9,12,16-17,32H,10-11,13-15H2,1-5H3,(H,26,27,28,29)/t16?,17-/m0/s1. The first kappa shape index (κ1) is 24.1. The molecule has 2 atom stereocenters. The molecular formula is C25H34N6O3. The van der Waals surface area contributed by atoms with Crippen LogP contribution >= 0.6 is 0 Å². The summed E-state index contributed by atoms with van der Waals surface area (Å²) in [6, 6.07) is 10.1. The van der Waals surface area contributed by atoms with E-state index in [-0.39, 0.29) is 18.7 Å². The van der Waals surface area contributed by atoms with Crippen LogP contribution in [0.3, 0.4) is 0 Å². The molecule has 0 amide bonds. The highest BCUT2D eigenvalue weighted by atomic mass is 16.5. The van der Waals surface area contributed by atoms with Crippen molar-refractivity contribution in [2.45, 2.75) is 32.5 Å². The monoisotopic (exact) mass is 466 g/mol. The van der Waals surface area contributed by atoms with E-state index in [9.17, 15) is 5.11 Å². The number of aromatic nitrogens is 3. The van der Waals surface area contributed by atoms with Gasteiger partial charge >= 0.3 is 0 Å². The summed E-state index contributed by atoms with van der Waals surface area (Å²) in [4.78, 5) is 19.0. The van der Waals surface area contributed by atoms with Crippen LogP contribution in [0.5, 0.6) is 5.75 Å². The first-order chi connectivity index (χ1) is 16.4. The number of fused-ring (bicyclic) bond motifs is 1. The number of nitrogens with one attached hydrogen (secondary N) is 1. The summed E-state index contributed by atoms with van der Waals surface area (Å²) in [6.45, 7) is 7.09. The molecule has 3 aromatic rings. The number of aliphatic hydroxyl groups is 1. The molecule has 2 aromatic heterocycles. The molecule has 0 saturated carbocycles. The van der Waals surface area contributed by atoms with Crippen molar-refractivity contribution >= 4 is 22.8 Å². The minimum absolute atomic E-state index is 0.107. The molecular weight excluding hydrogens is 432 g/mol. The van der Waals surface area contributed by atoms with Crippen molar-refractivity contribution in [3.63, 3.8) is 0 Å². The van der Waals surface area contributed by atoms with Crippen molar-refractivity contribution < 1.29 is 14.6 Å². The second-order valence-electron chi connectivity index (χ2n) is 9.05. The van der Waals surface area contributed by atoms with E-state index in [4.69, 9.17) is 24.4 Å². The highest BCUT2D eigenvalue weighted by Gasteiger charge is 2.24. The lowest BCUT2D eigenvalue weighted by Crippen LogP contribution is -2.44. The Kier molecular flexibility index (Phi) is 7.45. The molecule has 1 unspecified atom stereocenters. The third-order valence-electron chi connectivity index (χ3n) is 5.94. The summed E-state index contributed by atoms with van der Waals surface area (Å²) in [5.74, 6) is 2.08. The van der Waals surface area contributed by atoms with Crippen LogP contribution in [0.15, 0.2) is 30.3 Å². The minimum atomic E-state index is -0.107. The number of rotatable bonds is 8. The van der Waals surface area contributed by atoms with E-state index in [0.717, 1.165) is 35.6 Å². The largest absolute Gasteiger partial charge is 0.496 e. The van der Waals surface area contributed by atoms with Crippen LogP contribution in [0.4, 0.5) is 11.8 Å². The zero-order valence-corrected chi connectivity index (χ0v) is 20.6. The lowest BCUT2D eigenvalue weighted by atomic mass is 10.1. The van der Waals surface area contributed by atoms with Crippen LogP contribution in [0.25, 0.3) is 22.3 Å². The fourth-order valence-corrected chi connectivity index (χ4v) is 4.36. The van der Waals surface area contributed by atoms with Crippen molar-refractivity contribution in [2.24, 2.45) is 0 Å². The van der Waals surface area contributed by atoms with Crippen LogP contribution in [0, 0.1) is 0 Å². The quantitative estimate of drug-likeness (QED) is 0.519. The summed E-state index contributed by atoms with van der Waals surface area (Å²) in [7, 11) is 5.69. The highest BCUT2D eigenvalue weighted by molar-refractivity contribution is 5.90. The maximum Gasteiger partial charge on any atom is 0.226 e. The lowest BCUT2D eigenvalue weighted by Gasteiger charge is -2.35. The van der Waals surface area contributed by atoms with Gasteiger partial charge in [0.05, 0.1) is 44.1 Å². The highest BCUT2D eigenvalue weighted by Crippen LogP contribution is 2.31. The number of benzene rings is 1. The average molecular weight is 467 g/mol. The SMILES string of the molecule is COc1ccc(-c2ccc3c(N4CCOC[C@@H]4C)nc(NC(C)CN(C)C)nc3n2)cc1CO. The van der Waals surface area contributed by atoms with E-state index >= 15 is 0 Å². The molecule has 0 bridgehead atoms. The van der Waals surface area contributed by atoms with Gasteiger partial charge in [-0.1, -0.05) is 0 Å². The Bertz CT molecular complexity index is 1140. The van der Waals surface area contributed by atoms with Crippen LogP contribution in [-0.4, -0.2) is 84.6 Å². The Labute approximate surface area is 200 Å². The van der Waals surface area contributed by atoms with Crippen molar-refractivity contribution in [1.82, 2.24) is 19.9 Å². The van der Waals surface area contributed by atoms with Gasteiger partial charge in [0.15, 0.2) is 5.65 Å². The first-order valence-electron chi connectivity index (χ1n) is 11.6. The Balaban J connectivity index is 1.79. The molecule has 2 N–H and O–H groups in total. The summed E-state index contributed by atoms with van der Waals surface area (Å²) >= 11 is 0. The number of aliphatic hydroxyl groups excluding tert-OH is 1. The van der Waals surface area contributed by atoms with E-state index in [1.165, 1.54) is 0 Å². The Morgan fingerprint density at radius 2 is 2.06 bits per heavy atom. The number of anilines is 2. The number of ether oxygens (including phenoxy) is 2. The topological polar surface area (TPSA) is 95.9 Å². The molecule has 9 nitrogen and oxygen atoms in total. The van der Waals surface area contributed by atoms with Gasteiger partial charge in [-0.25, -0.2) is 4.98 Å². The minimum Gasteiger partial charge on any atom is -0.496 e. The van der Waals surface area contributed by atoms with Gasteiger partial charge in [-0.2, -0.15) is 9.97 Å². The third kappa shape index (κ3) is 5.22. The molecule has 4 rings (SSSR count). The zero-order chi connectivity index (χ0) is 24.2. The van der Waals surface area contributed by atoms with Crippen LogP contribution < -0.4 is 15.0 Å². The van der Waals surface area contributed by atoms with E-state index in [2.05, 4.69) is 29.0 Å². The van der Waals surface area contributed by atoms with Gasteiger partial charge in [-0.15, -0.1) is 0 Å². The fourth-order valence-electron chi connectivity index (χ4n) is 4.36. The van der Waals surface area contributed by atoms with Crippen molar-refractivity contribution in [3.8, 4) is 17.0 Å². The van der Waals surface area contributed by atoms with Crippen LogP contribution in [-0.2, 0) is 11.3 Å². The van der Waals surface area contributed by atoms with Crippen molar-refractivity contribution in [1.29, 1.82) is 0 Å². The number of morpholine rings is 1. The predicted molar refractivity (Wildman–Crippen MR) is 135 cm³/mol. The number of pyridine rings is 1. The summed E-state index contributed by atoms with van der Waals surface area (Å²) in [5.41, 5.74) is 3.01. The van der Waals surface area contributed by atoms with E-state index in [1.54, 1.807) is 7.11 Å². The number of hydrogen-bond donors (Lipinski definition) is 2. The van der Waals surface area contributed by atoms with Crippen LogP contribution in [0.2, 0.25) is 0 Å². The molecule has 1 aliphatic heterocycles. The van der Waals surface area contributed by atoms with Gasteiger partial charge in [0.25, 0.3) is 0 Å². The average Bonchev–Trinajstić information content (AvgIpc) is 2.82. The van der Waals surface area contributed by atoms with Crippen LogP contribution in [0.1, 0.15) is 19.4 Å². The normalized spacial score (nSPS) is 17.3. The van der Waals surface area contributed by atoms with E-state index in [0.29, 0.717) is 36.1 Å². The Hall–Kier alpha value is -3.01. The van der Waals surface area contributed by atoms with Gasteiger partial charge < -0.3 is 29.7 Å². The van der Waals surface area contributed by atoms with Crippen molar-refractivity contribution in [3.05, 3.63) is 35.9 Å². The van der Waals surface area contributed by atoms with Gasteiger partial charge in [0.2, 0.25) is 5.95 Å². The van der Waals surface area contributed by atoms with Gasteiger partial charge in [-0.05, 0) is 58.3 Å². The number of nitrogens with zero attached hydrogens (tertiary/aromatic N) is 5. The summed E-state index contributed by atoms with van der Waals surface area (Å²) < 4.78 is 11.0. The molecule has 3 heterocycles. The molecule has 1 saturated heterocycles. The number of methoxy groups -OCH3 is 1. The smallest absolute Gasteiger partial charge is 0.226 e. The summed E-state index contributed by atoms with van der Waals surface area (Å²) in [5, 5.41) is 14.1. The summed E-state index contributed by atoms with van der Waals surface area (Å²) in [6.07, 6.45) is 0. The molecule has 0 spiro atoms. The van der Waals surface area contributed by atoms with E-state index in [1.807, 2.05) is 44.4 Å². The Morgan fingerprint density at radius 1 is 1.24 bits per heavy atom. The number of hydrogen-bond acceptors (Lipinski definition) is 9. The second-order valence-corrected chi connectivity index (χ2v) is 9.05. The second kappa shape index (κ2) is 10.5. The molecule has 1 fully saturated rings. The van der Waals surface area contributed by atoms with E-state index < -0.39 is 0 Å². The first-order valence-corrected chi connectivity index (χ1v) is 11.6. The molecule has 182 valence electrons. The third-order valence-corrected chi connectivity index (χ3v) is 5.94. The Morgan fingerprint density at radius 3 is 2.76 bits per heavy atom. The van der Waals surface area contributed by atoms with Crippen molar-refractivity contribution in [2.75, 3.05) is 57.7 Å². The maximum absolute atomic E-state index is 9.73. The number of likely N-dealkylation sites (N-methyl/N-ethyl adjacent to an activating group) is 1. The molecule has 34 heavy (non-hydrogen) atoms. The predicted octanol–water partition coefficient (Wildman–Crippen LogP) is 2.78. The zero-order valence-electron chi connectivity index (χ0n) is 20.6.